The van der Waals surface area contributed by atoms with E-state index < -0.39 is 0 Å². The molecule has 0 unspecified atom stereocenters. The molecule has 0 atom stereocenters. The highest BCUT2D eigenvalue weighted by Gasteiger charge is 2.11. The number of amides is 1. The molecule has 2 rings (SSSR count). The lowest BCUT2D eigenvalue weighted by atomic mass is 10.2. The molecule has 0 saturated carbocycles. The number of aryl methyl sites for hydroxylation is 2. The summed E-state index contributed by atoms with van der Waals surface area (Å²) in [6.45, 7) is 4.83. The maximum atomic E-state index is 12.2. The van der Waals surface area contributed by atoms with Gasteiger partial charge in [-0.05, 0) is 37.1 Å². The van der Waals surface area contributed by atoms with Gasteiger partial charge in [0.1, 0.15) is 18.1 Å². The number of benzene rings is 1. The van der Waals surface area contributed by atoms with Gasteiger partial charge in [0.25, 0.3) is 5.91 Å². The third-order valence-corrected chi connectivity index (χ3v) is 3.68. The summed E-state index contributed by atoms with van der Waals surface area (Å²) in [5.41, 5.74) is 2.35. The number of carbonyl (C=O) groups is 1. The third-order valence-electron chi connectivity index (χ3n) is 3.68. The van der Waals surface area contributed by atoms with Crippen molar-refractivity contribution in [1.29, 1.82) is 0 Å². The van der Waals surface area contributed by atoms with Gasteiger partial charge in [-0.15, -0.1) is 0 Å². The fraction of sp³-hybridized carbons (Fsp3) is 0.400. The number of unbranched alkanes of at least 4 members (excludes halogenated alkanes) is 2. The molecule has 0 spiro atoms. The van der Waals surface area contributed by atoms with Crippen LogP contribution >= 0.6 is 0 Å². The van der Waals surface area contributed by atoms with Gasteiger partial charge in [0.15, 0.2) is 0 Å². The SMILES string of the molecule is CCCCC#CCOc1cccc(CNC(=O)c2cc(C)nn2C)c1. The number of aromatic nitrogens is 2. The number of hydrogen-bond donors (Lipinski definition) is 1. The van der Waals surface area contributed by atoms with Crippen molar-refractivity contribution in [2.24, 2.45) is 7.05 Å². The van der Waals surface area contributed by atoms with Crippen LogP contribution < -0.4 is 10.1 Å². The Balaban J connectivity index is 1.85. The smallest absolute Gasteiger partial charge is 0.269 e. The van der Waals surface area contributed by atoms with Crippen molar-refractivity contribution in [2.75, 3.05) is 6.61 Å². The average Bonchev–Trinajstić information content (AvgIpc) is 2.94. The molecule has 132 valence electrons. The average molecular weight is 339 g/mol. The maximum absolute atomic E-state index is 12.2. The van der Waals surface area contributed by atoms with Crippen molar-refractivity contribution in [2.45, 2.75) is 39.7 Å². The summed E-state index contributed by atoms with van der Waals surface area (Å²) in [4.78, 5) is 12.2. The van der Waals surface area contributed by atoms with Crippen molar-refractivity contribution in [3.8, 4) is 17.6 Å². The maximum Gasteiger partial charge on any atom is 0.269 e. The molecule has 0 aliphatic carbocycles. The van der Waals surface area contributed by atoms with Gasteiger partial charge < -0.3 is 10.1 Å². The number of nitrogens with zero attached hydrogens (tertiary/aromatic N) is 2. The standard InChI is InChI=1S/C20H25N3O2/c1-4-5-6-7-8-12-25-18-11-9-10-17(14-18)15-21-20(24)19-13-16(2)22-23(19)3/h9-11,13-14H,4-6,12,15H2,1-3H3,(H,21,24). The highest BCUT2D eigenvalue weighted by molar-refractivity contribution is 5.92. The van der Waals surface area contributed by atoms with Gasteiger partial charge in [-0.2, -0.15) is 5.10 Å². The molecule has 1 aromatic heterocycles. The summed E-state index contributed by atoms with van der Waals surface area (Å²) in [6.07, 6.45) is 3.19. The molecule has 1 amide bonds. The quantitative estimate of drug-likeness (QED) is 0.622. The molecule has 1 N–H and O–H groups in total. The second kappa shape index (κ2) is 9.53. The monoisotopic (exact) mass is 339 g/mol. The molecule has 25 heavy (non-hydrogen) atoms. The molecule has 5 nitrogen and oxygen atoms in total. The fourth-order valence-electron chi connectivity index (χ4n) is 2.37. The highest BCUT2D eigenvalue weighted by atomic mass is 16.5. The largest absolute Gasteiger partial charge is 0.481 e. The van der Waals surface area contributed by atoms with E-state index in [-0.39, 0.29) is 5.91 Å². The molecule has 0 aliphatic rings. The zero-order valence-corrected chi connectivity index (χ0v) is 15.1. The second-order valence-electron chi connectivity index (χ2n) is 5.87. The van der Waals surface area contributed by atoms with Gasteiger partial charge in [-0.3, -0.25) is 9.48 Å². The summed E-state index contributed by atoms with van der Waals surface area (Å²) in [5, 5.41) is 7.09. The van der Waals surface area contributed by atoms with Crippen LogP contribution in [0.5, 0.6) is 5.75 Å². The molecule has 1 heterocycles. The lowest BCUT2D eigenvalue weighted by Gasteiger charge is -2.07. The van der Waals surface area contributed by atoms with Crippen molar-refractivity contribution in [3.63, 3.8) is 0 Å². The number of carbonyl (C=O) groups excluding carboxylic acids is 1. The third kappa shape index (κ3) is 6.00. The van der Waals surface area contributed by atoms with Crippen LogP contribution in [0.3, 0.4) is 0 Å². The van der Waals surface area contributed by atoms with Crippen LogP contribution in [-0.4, -0.2) is 22.3 Å². The van der Waals surface area contributed by atoms with Crippen LogP contribution in [0, 0.1) is 18.8 Å². The Morgan fingerprint density at radius 3 is 2.88 bits per heavy atom. The minimum atomic E-state index is -0.142. The van der Waals surface area contributed by atoms with E-state index in [0.717, 1.165) is 36.3 Å². The minimum Gasteiger partial charge on any atom is -0.481 e. The van der Waals surface area contributed by atoms with E-state index in [2.05, 4.69) is 29.2 Å². The highest BCUT2D eigenvalue weighted by Crippen LogP contribution is 2.13. The Morgan fingerprint density at radius 1 is 1.32 bits per heavy atom. The Labute approximate surface area is 149 Å². The zero-order valence-electron chi connectivity index (χ0n) is 15.1. The normalized spacial score (nSPS) is 10.0. The Bertz CT molecular complexity index is 769. The predicted octanol–water partition coefficient (Wildman–Crippen LogP) is 3.23. The topological polar surface area (TPSA) is 56.1 Å². The van der Waals surface area contributed by atoms with Gasteiger partial charge >= 0.3 is 0 Å². The first-order valence-corrected chi connectivity index (χ1v) is 8.56. The molecule has 0 saturated heterocycles. The van der Waals surface area contributed by atoms with Crippen molar-refractivity contribution < 1.29 is 9.53 Å². The molecule has 0 fully saturated rings. The summed E-state index contributed by atoms with van der Waals surface area (Å²) in [7, 11) is 1.76. The Morgan fingerprint density at radius 2 is 2.16 bits per heavy atom. The van der Waals surface area contributed by atoms with E-state index in [4.69, 9.17) is 4.74 Å². The van der Waals surface area contributed by atoms with E-state index in [1.54, 1.807) is 17.8 Å². The van der Waals surface area contributed by atoms with Crippen molar-refractivity contribution in [1.82, 2.24) is 15.1 Å². The van der Waals surface area contributed by atoms with E-state index in [0.29, 0.717) is 18.8 Å². The van der Waals surface area contributed by atoms with Gasteiger partial charge in [-0.1, -0.05) is 37.3 Å². The van der Waals surface area contributed by atoms with Crippen LogP contribution in [0.4, 0.5) is 0 Å². The van der Waals surface area contributed by atoms with E-state index in [1.807, 2.05) is 31.2 Å². The summed E-state index contributed by atoms with van der Waals surface area (Å²) in [6, 6.07) is 9.45. The predicted molar refractivity (Wildman–Crippen MR) is 98.4 cm³/mol. The molecule has 0 bridgehead atoms. The Kier molecular flexibility index (Phi) is 7.09. The molecule has 2 aromatic rings. The molecule has 1 aromatic carbocycles. The molecular formula is C20H25N3O2. The van der Waals surface area contributed by atoms with Gasteiger partial charge in [-0.25, -0.2) is 0 Å². The van der Waals surface area contributed by atoms with E-state index in [1.165, 1.54) is 0 Å². The fourth-order valence-corrected chi connectivity index (χ4v) is 2.37. The molecular weight excluding hydrogens is 314 g/mol. The van der Waals surface area contributed by atoms with Crippen LogP contribution in [0.25, 0.3) is 0 Å². The van der Waals surface area contributed by atoms with Crippen LogP contribution in [0.1, 0.15) is 47.9 Å². The first-order chi connectivity index (χ1) is 12.1. The molecule has 0 aliphatic heterocycles. The van der Waals surface area contributed by atoms with Crippen LogP contribution in [0.15, 0.2) is 30.3 Å². The summed E-state index contributed by atoms with van der Waals surface area (Å²) < 4.78 is 7.23. The zero-order chi connectivity index (χ0) is 18.1. The van der Waals surface area contributed by atoms with Crippen molar-refractivity contribution >= 4 is 5.91 Å². The van der Waals surface area contributed by atoms with Gasteiger partial charge in [0, 0.05) is 20.0 Å². The lowest BCUT2D eigenvalue weighted by molar-refractivity contribution is 0.0941. The number of nitrogens with one attached hydrogen (secondary N) is 1. The van der Waals surface area contributed by atoms with E-state index >= 15 is 0 Å². The summed E-state index contributed by atoms with van der Waals surface area (Å²) >= 11 is 0. The first-order valence-electron chi connectivity index (χ1n) is 8.56. The molecule has 5 heteroatoms. The van der Waals surface area contributed by atoms with Gasteiger partial charge in [0.05, 0.1) is 5.69 Å². The van der Waals surface area contributed by atoms with Crippen LogP contribution in [-0.2, 0) is 13.6 Å². The number of hydrogen-bond acceptors (Lipinski definition) is 3. The Hall–Kier alpha value is -2.74. The molecule has 0 radical (unpaired) electrons. The lowest BCUT2D eigenvalue weighted by Crippen LogP contribution is -2.25. The van der Waals surface area contributed by atoms with Crippen molar-refractivity contribution in [3.05, 3.63) is 47.3 Å². The number of ether oxygens (including phenoxy) is 1. The van der Waals surface area contributed by atoms with Crippen LogP contribution in [0.2, 0.25) is 0 Å². The number of rotatable bonds is 7. The first kappa shape index (κ1) is 18.6. The second-order valence-corrected chi connectivity index (χ2v) is 5.87. The van der Waals surface area contributed by atoms with Gasteiger partial charge in [0.2, 0.25) is 0 Å². The van der Waals surface area contributed by atoms with E-state index in [9.17, 15) is 4.79 Å². The minimum absolute atomic E-state index is 0.142. The summed E-state index contributed by atoms with van der Waals surface area (Å²) in [5.74, 6) is 6.73.